The number of hydrogen-bond acceptors (Lipinski definition) is 6. The first-order chi connectivity index (χ1) is 12.6. The molecule has 1 aliphatic heterocycles. The maximum atomic E-state index is 13.2. The number of carbonyl (C=O) groups excluding carboxylic acids is 1. The summed E-state index contributed by atoms with van der Waals surface area (Å²) >= 11 is 0. The molecule has 2 aromatic rings. The van der Waals surface area contributed by atoms with Crippen LogP contribution in [0.15, 0.2) is 0 Å². The van der Waals surface area contributed by atoms with Crippen LogP contribution < -0.4 is 5.73 Å². The van der Waals surface area contributed by atoms with E-state index in [-0.39, 0.29) is 18.5 Å². The summed E-state index contributed by atoms with van der Waals surface area (Å²) in [5.41, 5.74) is 10.9. The van der Waals surface area contributed by atoms with Crippen LogP contribution in [0.25, 0.3) is 0 Å². The molecule has 1 amide bonds. The number of aliphatic hydroxyl groups excluding tert-OH is 1. The average Bonchev–Trinajstić information content (AvgIpc) is 3.03. The lowest BCUT2D eigenvalue weighted by Gasteiger charge is -2.29. The predicted molar refractivity (Wildman–Crippen MR) is 95.4 cm³/mol. The molecule has 2 aliphatic rings. The molecule has 138 valence electrons. The minimum atomic E-state index is -0.118. The molecule has 0 radical (unpaired) electrons. The van der Waals surface area contributed by atoms with E-state index in [2.05, 4.69) is 15.1 Å². The van der Waals surface area contributed by atoms with Crippen LogP contribution in [-0.4, -0.2) is 42.2 Å². The maximum absolute atomic E-state index is 13.2. The maximum Gasteiger partial charge on any atom is 0.273 e. The van der Waals surface area contributed by atoms with Crippen molar-refractivity contribution < 1.29 is 9.90 Å². The first-order valence-electron chi connectivity index (χ1n) is 9.25. The van der Waals surface area contributed by atoms with Gasteiger partial charge in [-0.25, -0.2) is 9.97 Å². The lowest BCUT2D eigenvalue weighted by atomic mass is 9.94. The Morgan fingerprint density at radius 3 is 2.77 bits per heavy atom. The molecule has 0 aromatic carbocycles. The summed E-state index contributed by atoms with van der Waals surface area (Å²) in [4.78, 5) is 23.6. The van der Waals surface area contributed by atoms with Crippen LogP contribution in [0.2, 0.25) is 0 Å². The Morgan fingerprint density at radius 1 is 1.19 bits per heavy atom. The standard InChI is InChI=1S/C18H24N6O2/c1-2-24-15-7-8-23(9-12(15)14(10-25)22-24)17(26)16-11-5-3-4-6-13(11)20-18(19)21-16/h25H,2-10H2,1H3,(H2,19,20,21). The van der Waals surface area contributed by atoms with Gasteiger partial charge in [0, 0.05) is 48.6 Å². The highest BCUT2D eigenvalue weighted by Crippen LogP contribution is 2.27. The minimum absolute atomic E-state index is 0.101. The molecule has 0 bridgehead atoms. The number of anilines is 1. The summed E-state index contributed by atoms with van der Waals surface area (Å²) in [7, 11) is 0. The van der Waals surface area contributed by atoms with Crippen molar-refractivity contribution in [2.45, 2.75) is 58.7 Å². The van der Waals surface area contributed by atoms with Gasteiger partial charge in [-0.3, -0.25) is 9.48 Å². The average molecular weight is 356 g/mol. The van der Waals surface area contributed by atoms with E-state index in [0.29, 0.717) is 24.5 Å². The van der Waals surface area contributed by atoms with E-state index in [9.17, 15) is 9.90 Å². The van der Waals surface area contributed by atoms with Gasteiger partial charge < -0.3 is 15.7 Å². The third-order valence-electron chi connectivity index (χ3n) is 5.36. The highest BCUT2D eigenvalue weighted by atomic mass is 16.3. The summed E-state index contributed by atoms with van der Waals surface area (Å²) in [6.45, 7) is 3.73. The Morgan fingerprint density at radius 2 is 2.00 bits per heavy atom. The second-order valence-electron chi connectivity index (χ2n) is 6.89. The molecule has 3 heterocycles. The predicted octanol–water partition coefficient (Wildman–Crippen LogP) is 0.845. The van der Waals surface area contributed by atoms with Gasteiger partial charge in [0.1, 0.15) is 5.69 Å². The number of nitrogens with two attached hydrogens (primary N) is 1. The number of fused-ring (bicyclic) bond motifs is 2. The highest BCUT2D eigenvalue weighted by molar-refractivity contribution is 5.94. The second-order valence-corrected chi connectivity index (χ2v) is 6.89. The zero-order valence-corrected chi connectivity index (χ0v) is 15.0. The van der Waals surface area contributed by atoms with E-state index < -0.39 is 0 Å². The minimum Gasteiger partial charge on any atom is -0.390 e. The molecule has 0 atom stereocenters. The number of aryl methyl sites for hydroxylation is 2. The van der Waals surface area contributed by atoms with E-state index in [1.807, 2.05) is 11.6 Å². The highest BCUT2D eigenvalue weighted by Gasteiger charge is 2.30. The number of aliphatic hydroxyl groups is 1. The molecule has 0 saturated heterocycles. The SMILES string of the molecule is CCn1nc(CO)c2c1CCN(C(=O)c1nc(N)nc3c1CCCC3)C2. The largest absolute Gasteiger partial charge is 0.390 e. The number of amides is 1. The molecule has 8 heteroatoms. The van der Waals surface area contributed by atoms with Gasteiger partial charge in [0.05, 0.1) is 12.3 Å². The van der Waals surface area contributed by atoms with Crippen molar-refractivity contribution in [3.05, 3.63) is 33.9 Å². The zero-order chi connectivity index (χ0) is 18.3. The van der Waals surface area contributed by atoms with E-state index in [1.54, 1.807) is 4.90 Å². The number of hydrogen-bond donors (Lipinski definition) is 2. The lowest BCUT2D eigenvalue weighted by Crippen LogP contribution is -2.38. The quantitative estimate of drug-likeness (QED) is 0.843. The summed E-state index contributed by atoms with van der Waals surface area (Å²) in [5.74, 6) is 0.0672. The van der Waals surface area contributed by atoms with Crippen LogP contribution in [0.4, 0.5) is 5.95 Å². The molecule has 1 aliphatic carbocycles. The van der Waals surface area contributed by atoms with Crippen LogP contribution in [0.5, 0.6) is 0 Å². The zero-order valence-electron chi connectivity index (χ0n) is 15.0. The van der Waals surface area contributed by atoms with Gasteiger partial charge in [0.2, 0.25) is 5.95 Å². The molecule has 26 heavy (non-hydrogen) atoms. The fraction of sp³-hybridized carbons (Fsp3) is 0.556. The van der Waals surface area contributed by atoms with Gasteiger partial charge in [0.25, 0.3) is 5.91 Å². The van der Waals surface area contributed by atoms with Crippen molar-refractivity contribution in [2.75, 3.05) is 12.3 Å². The molecule has 2 aromatic heterocycles. The number of rotatable bonds is 3. The molecular weight excluding hydrogens is 332 g/mol. The molecule has 0 fully saturated rings. The summed E-state index contributed by atoms with van der Waals surface area (Å²) in [6, 6.07) is 0. The van der Waals surface area contributed by atoms with Gasteiger partial charge in [-0.05, 0) is 32.6 Å². The Balaban J connectivity index is 1.67. The molecule has 0 unspecified atom stereocenters. The smallest absolute Gasteiger partial charge is 0.273 e. The van der Waals surface area contributed by atoms with Crippen molar-refractivity contribution in [3.63, 3.8) is 0 Å². The molecule has 8 nitrogen and oxygen atoms in total. The number of nitrogens with zero attached hydrogens (tertiary/aromatic N) is 5. The van der Waals surface area contributed by atoms with E-state index >= 15 is 0 Å². The Kier molecular flexibility index (Phi) is 4.36. The second kappa shape index (κ2) is 6.68. The summed E-state index contributed by atoms with van der Waals surface area (Å²) < 4.78 is 1.92. The third-order valence-corrected chi connectivity index (χ3v) is 5.36. The van der Waals surface area contributed by atoms with Crippen LogP contribution >= 0.6 is 0 Å². The molecule has 4 rings (SSSR count). The third kappa shape index (κ3) is 2.74. The van der Waals surface area contributed by atoms with Crippen molar-refractivity contribution in [1.82, 2.24) is 24.6 Å². The van der Waals surface area contributed by atoms with Gasteiger partial charge >= 0.3 is 0 Å². The summed E-state index contributed by atoms with van der Waals surface area (Å²) in [6.07, 6.45) is 4.52. The number of aromatic nitrogens is 4. The fourth-order valence-corrected chi connectivity index (χ4v) is 4.06. The Hall–Kier alpha value is -2.48. The van der Waals surface area contributed by atoms with Crippen LogP contribution in [0.3, 0.4) is 0 Å². The van der Waals surface area contributed by atoms with Gasteiger partial charge in [-0.2, -0.15) is 5.10 Å². The van der Waals surface area contributed by atoms with E-state index in [1.165, 1.54) is 0 Å². The number of carbonyl (C=O) groups is 1. The topological polar surface area (TPSA) is 110 Å². The van der Waals surface area contributed by atoms with Gasteiger partial charge in [-0.15, -0.1) is 0 Å². The van der Waals surface area contributed by atoms with Gasteiger partial charge in [0.15, 0.2) is 0 Å². The first-order valence-corrected chi connectivity index (χ1v) is 9.25. The fourth-order valence-electron chi connectivity index (χ4n) is 4.06. The van der Waals surface area contributed by atoms with Crippen LogP contribution in [0.1, 0.15) is 58.5 Å². The first kappa shape index (κ1) is 17.0. The monoisotopic (exact) mass is 356 g/mol. The van der Waals surface area contributed by atoms with Crippen LogP contribution in [-0.2, 0) is 39.0 Å². The van der Waals surface area contributed by atoms with Crippen molar-refractivity contribution in [1.29, 1.82) is 0 Å². The normalized spacial score (nSPS) is 16.3. The van der Waals surface area contributed by atoms with Crippen molar-refractivity contribution in [2.24, 2.45) is 0 Å². The summed E-state index contributed by atoms with van der Waals surface area (Å²) in [5, 5.41) is 14.1. The molecule has 3 N–H and O–H groups in total. The molecule has 0 spiro atoms. The number of nitrogen functional groups attached to an aromatic ring is 1. The van der Waals surface area contributed by atoms with Crippen LogP contribution in [0, 0.1) is 0 Å². The van der Waals surface area contributed by atoms with Gasteiger partial charge in [-0.1, -0.05) is 0 Å². The Labute approximate surface area is 152 Å². The molecular formula is C18H24N6O2. The van der Waals surface area contributed by atoms with E-state index in [0.717, 1.165) is 61.2 Å². The lowest BCUT2D eigenvalue weighted by molar-refractivity contribution is 0.0724. The molecule has 0 saturated carbocycles. The van der Waals surface area contributed by atoms with E-state index in [4.69, 9.17) is 5.73 Å². The Bertz CT molecular complexity index is 860. The van der Waals surface area contributed by atoms with Crippen molar-refractivity contribution >= 4 is 11.9 Å². The van der Waals surface area contributed by atoms with Crippen molar-refractivity contribution in [3.8, 4) is 0 Å².